The van der Waals surface area contributed by atoms with Gasteiger partial charge in [0.2, 0.25) is 0 Å². The number of hydrogen-bond acceptors (Lipinski definition) is 5. The lowest BCUT2D eigenvalue weighted by Gasteiger charge is -2.42. The number of rotatable bonds is 6. The largest absolute Gasteiger partial charge is 0.573 e. The summed E-state index contributed by atoms with van der Waals surface area (Å²) in [6.45, 7) is 0.328. The average Bonchev–Trinajstić information content (AvgIpc) is 3.67. The van der Waals surface area contributed by atoms with Crippen molar-refractivity contribution in [3.8, 4) is 5.75 Å². The predicted molar refractivity (Wildman–Crippen MR) is 122 cm³/mol. The molecule has 2 fully saturated rings. The molecule has 4 rings (SSSR count). The number of carbonyl (C=O) groups excluding carboxylic acids is 2. The molecular weight excluding hydrogens is 500 g/mol. The van der Waals surface area contributed by atoms with Gasteiger partial charge >= 0.3 is 24.1 Å². The molecule has 4 amide bonds. The molecule has 1 aliphatic carbocycles. The average molecular weight is 526 g/mol. The van der Waals surface area contributed by atoms with E-state index in [1.54, 1.807) is 15.9 Å². The van der Waals surface area contributed by atoms with Gasteiger partial charge in [0.1, 0.15) is 11.6 Å². The van der Waals surface area contributed by atoms with E-state index in [-0.39, 0.29) is 36.6 Å². The number of H-pyrrole nitrogens is 1. The van der Waals surface area contributed by atoms with Gasteiger partial charge in [0, 0.05) is 62.2 Å². The van der Waals surface area contributed by atoms with Gasteiger partial charge in [0.15, 0.2) is 0 Å². The maximum absolute atomic E-state index is 14.4. The lowest BCUT2D eigenvalue weighted by atomic mass is 9.90. The second-order valence-corrected chi connectivity index (χ2v) is 8.98. The Balaban J connectivity index is 1.49. The molecule has 0 radical (unpaired) electrons. The highest BCUT2D eigenvalue weighted by Gasteiger charge is 2.42. The fraction of sp³-hybridized carbons (Fsp3) is 0.478. The van der Waals surface area contributed by atoms with Crippen molar-refractivity contribution in [1.82, 2.24) is 30.4 Å². The molecule has 0 spiro atoms. The Morgan fingerprint density at radius 2 is 1.97 bits per heavy atom. The highest BCUT2D eigenvalue weighted by atomic mass is 19.4. The summed E-state index contributed by atoms with van der Waals surface area (Å²) in [7, 11) is 1.50. The fourth-order valence-corrected chi connectivity index (χ4v) is 4.56. The maximum atomic E-state index is 14.4. The molecule has 1 aromatic carbocycles. The third-order valence-corrected chi connectivity index (χ3v) is 6.32. The van der Waals surface area contributed by atoms with Crippen LogP contribution in [0.5, 0.6) is 5.75 Å². The first-order valence-corrected chi connectivity index (χ1v) is 11.7. The number of alkyl halides is 3. The Bertz CT molecular complexity index is 1200. The van der Waals surface area contributed by atoms with Gasteiger partial charge in [-0.2, -0.15) is 0 Å². The van der Waals surface area contributed by atoms with E-state index in [1.807, 2.05) is 0 Å². The monoisotopic (exact) mass is 526 g/mol. The van der Waals surface area contributed by atoms with Crippen molar-refractivity contribution in [3.63, 3.8) is 0 Å². The lowest BCUT2D eigenvalue weighted by Crippen LogP contribution is -2.57. The number of aromatic nitrogens is 2. The summed E-state index contributed by atoms with van der Waals surface area (Å²) in [5.41, 5.74) is 0.0658. The molecule has 2 atom stereocenters. The molecule has 2 heterocycles. The molecule has 1 aromatic heterocycles. The number of ether oxygens (including phenoxy) is 1. The Labute approximate surface area is 209 Å². The van der Waals surface area contributed by atoms with Crippen LogP contribution in [-0.2, 0) is 6.54 Å². The molecule has 0 bridgehead atoms. The molecular formula is C23H26F4N6O4. The van der Waals surface area contributed by atoms with Crippen LogP contribution in [0.15, 0.2) is 35.3 Å². The number of amides is 4. The minimum absolute atomic E-state index is 0.0125. The highest BCUT2D eigenvalue weighted by Crippen LogP contribution is 2.35. The van der Waals surface area contributed by atoms with E-state index in [2.05, 4.69) is 25.3 Å². The fourth-order valence-electron chi connectivity index (χ4n) is 4.56. The van der Waals surface area contributed by atoms with Crippen molar-refractivity contribution < 1.29 is 31.9 Å². The topological polar surface area (TPSA) is 120 Å². The summed E-state index contributed by atoms with van der Waals surface area (Å²) in [4.78, 5) is 47.0. The zero-order chi connectivity index (χ0) is 26.7. The summed E-state index contributed by atoms with van der Waals surface area (Å²) in [5.74, 6) is -1.92. The van der Waals surface area contributed by atoms with Gasteiger partial charge in [-0.1, -0.05) is 6.07 Å². The zero-order valence-electron chi connectivity index (χ0n) is 19.8. The van der Waals surface area contributed by atoms with Gasteiger partial charge in [-0.3, -0.25) is 0 Å². The van der Waals surface area contributed by atoms with Crippen molar-refractivity contribution in [3.05, 3.63) is 58.0 Å². The number of urea groups is 2. The number of aromatic amines is 1. The summed E-state index contributed by atoms with van der Waals surface area (Å²) in [5, 5.41) is 5.23. The first-order valence-electron chi connectivity index (χ1n) is 11.7. The number of likely N-dealkylation sites (tertiary alicyclic amines) is 1. The maximum Gasteiger partial charge on any atom is 0.573 e. The molecule has 2 aromatic rings. The van der Waals surface area contributed by atoms with E-state index >= 15 is 0 Å². The molecule has 2 aliphatic rings. The quantitative estimate of drug-likeness (QED) is 0.500. The van der Waals surface area contributed by atoms with E-state index < -0.39 is 35.7 Å². The van der Waals surface area contributed by atoms with Gasteiger partial charge in [0.05, 0.1) is 6.04 Å². The third-order valence-electron chi connectivity index (χ3n) is 6.32. The molecule has 10 nitrogen and oxygen atoms in total. The lowest BCUT2D eigenvalue weighted by molar-refractivity contribution is -0.274. The third kappa shape index (κ3) is 6.68. The van der Waals surface area contributed by atoms with Crippen LogP contribution < -0.4 is 21.1 Å². The summed E-state index contributed by atoms with van der Waals surface area (Å²) < 4.78 is 55.2. The first-order chi connectivity index (χ1) is 17.5. The van der Waals surface area contributed by atoms with Crippen LogP contribution in [0.1, 0.15) is 36.4 Å². The van der Waals surface area contributed by atoms with Gasteiger partial charge in [-0.25, -0.2) is 23.8 Å². The van der Waals surface area contributed by atoms with E-state index in [0.717, 1.165) is 25.0 Å². The predicted octanol–water partition coefficient (Wildman–Crippen LogP) is 2.68. The van der Waals surface area contributed by atoms with Gasteiger partial charge in [-0.05, 0) is 31.4 Å². The van der Waals surface area contributed by atoms with Gasteiger partial charge in [0.25, 0.3) is 0 Å². The number of piperidine rings is 1. The molecule has 3 N–H and O–H groups in total. The second-order valence-electron chi connectivity index (χ2n) is 8.98. The van der Waals surface area contributed by atoms with Crippen molar-refractivity contribution in [2.45, 2.75) is 50.2 Å². The smallest absolute Gasteiger partial charge is 0.406 e. The molecule has 14 heteroatoms. The van der Waals surface area contributed by atoms with E-state index in [1.165, 1.54) is 13.2 Å². The van der Waals surface area contributed by atoms with Crippen LogP contribution in [0.4, 0.5) is 27.2 Å². The number of nitrogens with one attached hydrogen (secondary N) is 3. The van der Waals surface area contributed by atoms with Crippen LogP contribution in [0.3, 0.4) is 0 Å². The minimum atomic E-state index is -4.95. The molecule has 1 saturated heterocycles. The SMILES string of the molecule is CNC(=O)N1CC(c2ccnc(=O)[nH]2)C[C@@H](N(C(=O)NCc2ccc(OC(F)(F)F)cc2F)C2CC2)C1. The van der Waals surface area contributed by atoms with Crippen LogP contribution in [0, 0.1) is 5.82 Å². The van der Waals surface area contributed by atoms with Crippen molar-refractivity contribution in [2.24, 2.45) is 0 Å². The minimum Gasteiger partial charge on any atom is -0.406 e. The second kappa shape index (κ2) is 10.6. The van der Waals surface area contributed by atoms with Crippen LogP contribution >= 0.6 is 0 Å². The number of benzene rings is 1. The van der Waals surface area contributed by atoms with Crippen molar-refractivity contribution >= 4 is 12.1 Å². The number of carbonyl (C=O) groups is 2. The standard InChI is InChI=1S/C23H26F4N6O4/c1-28-21(35)32-11-14(19-6-7-29-20(34)31-19)8-16(12-32)33(15-3-4-15)22(36)30-10-13-2-5-17(9-18(13)24)37-23(25,26)27/h2,5-7,9,14-16H,3-4,8,10-12H2,1H3,(H,28,35)(H,30,36)(H,29,31,34)/t14?,16-/m1/s1. The highest BCUT2D eigenvalue weighted by molar-refractivity contribution is 5.76. The van der Waals surface area contributed by atoms with Gasteiger partial charge < -0.3 is 30.2 Å². The van der Waals surface area contributed by atoms with Crippen molar-refractivity contribution in [1.29, 1.82) is 0 Å². The molecule has 200 valence electrons. The summed E-state index contributed by atoms with van der Waals surface area (Å²) in [6.07, 6.45) is -1.57. The Hall–Kier alpha value is -3.84. The normalized spacial score (nSPS) is 19.8. The summed E-state index contributed by atoms with van der Waals surface area (Å²) in [6, 6.07) is 3.07. The summed E-state index contributed by atoms with van der Waals surface area (Å²) >= 11 is 0. The molecule has 1 unspecified atom stereocenters. The number of halogens is 4. The zero-order valence-corrected chi connectivity index (χ0v) is 19.8. The Morgan fingerprint density at radius 3 is 2.59 bits per heavy atom. The Morgan fingerprint density at radius 1 is 1.22 bits per heavy atom. The van der Waals surface area contributed by atoms with Crippen LogP contribution in [0.2, 0.25) is 0 Å². The number of hydrogen-bond donors (Lipinski definition) is 3. The van der Waals surface area contributed by atoms with Crippen LogP contribution in [-0.4, -0.2) is 70.4 Å². The van der Waals surface area contributed by atoms with Gasteiger partial charge in [-0.15, -0.1) is 13.2 Å². The van der Waals surface area contributed by atoms with Crippen molar-refractivity contribution in [2.75, 3.05) is 20.1 Å². The molecule has 37 heavy (non-hydrogen) atoms. The van der Waals surface area contributed by atoms with E-state index in [9.17, 15) is 31.9 Å². The molecule has 1 aliphatic heterocycles. The van der Waals surface area contributed by atoms with Crippen LogP contribution in [0.25, 0.3) is 0 Å². The molecule has 1 saturated carbocycles. The first kappa shape index (κ1) is 26.2. The number of nitrogens with zero attached hydrogens (tertiary/aromatic N) is 3. The van der Waals surface area contributed by atoms with E-state index in [0.29, 0.717) is 24.7 Å². The van der Waals surface area contributed by atoms with E-state index in [4.69, 9.17) is 0 Å². The Kier molecular flexibility index (Phi) is 7.55.